The van der Waals surface area contributed by atoms with Crippen LogP contribution in [0, 0.1) is 10.1 Å². The summed E-state index contributed by atoms with van der Waals surface area (Å²) in [5.74, 6) is 0.176. The normalized spacial score (nSPS) is 9.92. The van der Waals surface area contributed by atoms with Gasteiger partial charge in [0.25, 0.3) is 11.6 Å². The Bertz CT molecular complexity index is 846. The third-order valence-electron chi connectivity index (χ3n) is 3.09. The minimum absolute atomic E-state index is 0.0587. The molecule has 2 N–H and O–H groups in total. The lowest BCUT2D eigenvalue weighted by Crippen LogP contribution is -2.37. The second kappa shape index (κ2) is 8.97. The van der Waals surface area contributed by atoms with Crippen molar-refractivity contribution in [3.63, 3.8) is 0 Å². The number of methoxy groups -OCH3 is 1. The number of nitrogens with zero attached hydrogens (tertiary/aromatic N) is 1. The van der Waals surface area contributed by atoms with Gasteiger partial charge in [-0.2, -0.15) is 0 Å². The zero-order chi connectivity index (χ0) is 19.1. The van der Waals surface area contributed by atoms with Crippen LogP contribution in [-0.4, -0.2) is 29.7 Å². The van der Waals surface area contributed by atoms with Crippen molar-refractivity contribution in [1.82, 2.24) is 5.32 Å². The van der Waals surface area contributed by atoms with E-state index in [1.165, 1.54) is 25.3 Å². The molecule has 0 saturated heterocycles. The van der Waals surface area contributed by atoms with Crippen LogP contribution in [0.15, 0.2) is 42.5 Å². The van der Waals surface area contributed by atoms with Crippen molar-refractivity contribution >= 4 is 46.2 Å². The average Bonchev–Trinajstić information content (AvgIpc) is 2.60. The van der Waals surface area contributed by atoms with Crippen LogP contribution in [0.4, 0.5) is 11.4 Å². The van der Waals surface area contributed by atoms with Crippen molar-refractivity contribution < 1.29 is 19.2 Å². The summed E-state index contributed by atoms with van der Waals surface area (Å²) < 4.78 is 10.4. The van der Waals surface area contributed by atoms with Gasteiger partial charge in [0.1, 0.15) is 11.5 Å². The molecule has 0 aromatic heterocycles. The number of anilines is 1. The highest BCUT2D eigenvalue weighted by Crippen LogP contribution is 2.28. The monoisotopic (exact) mass is 395 g/mol. The van der Waals surface area contributed by atoms with Crippen LogP contribution < -0.4 is 20.1 Å². The molecule has 0 aliphatic carbocycles. The highest BCUT2D eigenvalue weighted by molar-refractivity contribution is 7.80. The van der Waals surface area contributed by atoms with Crippen molar-refractivity contribution in [2.45, 2.75) is 0 Å². The smallest absolute Gasteiger partial charge is 0.271 e. The first kappa shape index (κ1) is 19.4. The van der Waals surface area contributed by atoms with E-state index >= 15 is 0 Å². The zero-order valence-electron chi connectivity index (χ0n) is 13.5. The molecule has 0 saturated carbocycles. The zero-order valence-corrected chi connectivity index (χ0v) is 15.1. The lowest BCUT2D eigenvalue weighted by Gasteiger charge is -2.13. The van der Waals surface area contributed by atoms with E-state index in [2.05, 4.69) is 10.6 Å². The predicted octanol–water partition coefficient (Wildman–Crippen LogP) is 3.15. The SMILES string of the molecule is COc1ccc([N+](=O)[O-])cc1NC(=S)NC(=O)COc1ccccc1Cl. The molecule has 0 spiro atoms. The van der Waals surface area contributed by atoms with E-state index < -0.39 is 10.8 Å². The minimum Gasteiger partial charge on any atom is -0.495 e. The van der Waals surface area contributed by atoms with E-state index in [0.29, 0.717) is 16.5 Å². The molecule has 0 fully saturated rings. The van der Waals surface area contributed by atoms with Gasteiger partial charge in [-0.15, -0.1) is 0 Å². The number of nitro benzene ring substituents is 1. The summed E-state index contributed by atoms with van der Waals surface area (Å²) in [5.41, 5.74) is 0.100. The number of ether oxygens (including phenoxy) is 2. The third-order valence-corrected chi connectivity index (χ3v) is 3.61. The van der Waals surface area contributed by atoms with Crippen LogP contribution in [0.3, 0.4) is 0 Å². The second-order valence-electron chi connectivity index (χ2n) is 4.86. The van der Waals surface area contributed by atoms with Crippen LogP contribution in [0.2, 0.25) is 5.02 Å². The summed E-state index contributed by atoms with van der Waals surface area (Å²) in [5, 5.41) is 16.3. The number of para-hydroxylation sites is 1. The van der Waals surface area contributed by atoms with Gasteiger partial charge in [0.2, 0.25) is 0 Å². The molecule has 0 aliphatic heterocycles. The second-order valence-corrected chi connectivity index (χ2v) is 5.68. The fourth-order valence-electron chi connectivity index (χ4n) is 1.93. The van der Waals surface area contributed by atoms with Crippen molar-refractivity contribution in [2.75, 3.05) is 19.0 Å². The Hall–Kier alpha value is -2.91. The standard InChI is InChI=1S/C16H14ClN3O5S/c1-24-14-7-6-10(20(22)23)8-12(14)18-16(26)19-15(21)9-25-13-5-3-2-4-11(13)17/h2-8H,9H2,1H3,(H2,18,19,21,26). The van der Waals surface area contributed by atoms with E-state index in [-0.39, 0.29) is 23.1 Å². The summed E-state index contributed by atoms with van der Waals surface area (Å²) >= 11 is 11.0. The first-order chi connectivity index (χ1) is 12.4. The minimum atomic E-state index is -0.552. The van der Waals surface area contributed by atoms with Crippen LogP contribution in [-0.2, 0) is 4.79 Å². The molecule has 0 heterocycles. The highest BCUT2D eigenvalue weighted by atomic mass is 35.5. The topological polar surface area (TPSA) is 103 Å². The molecule has 0 atom stereocenters. The number of thiocarbonyl (C=S) groups is 1. The van der Waals surface area contributed by atoms with Crippen LogP contribution in [0.5, 0.6) is 11.5 Å². The molecule has 10 heteroatoms. The number of nitro groups is 1. The first-order valence-corrected chi connectivity index (χ1v) is 8.00. The largest absolute Gasteiger partial charge is 0.495 e. The maximum absolute atomic E-state index is 11.9. The quantitative estimate of drug-likeness (QED) is 0.440. The molecule has 1 amide bonds. The van der Waals surface area contributed by atoms with Gasteiger partial charge >= 0.3 is 0 Å². The molecule has 0 aliphatic rings. The van der Waals surface area contributed by atoms with Gasteiger partial charge in [-0.3, -0.25) is 20.2 Å². The molecule has 2 rings (SSSR count). The summed E-state index contributed by atoms with van der Waals surface area (Å²) in [6, 6.07) is 10.7. The molecule has 136 valence electrons. The number of carbonyl (C=O) groups is 1. The molecular formula is C16H14ClN3O5S. The Morgan fingerprint density at radius 3 is 2.65 bits per heavy atom. The Morgan fingerprint density at radius 1 is 1.27 bits per heavy atom. The number of benzene rings is 2. The Kier molecular flexibility index (Phi) is 6.70. The maximum atomic E-state index is 11.9. The predicted molar refractivity (Wildman–Crippen MR) is 101 cm³/mol. The van der Waals surface area contributed by atoms with Crippen LogP contribution in [0.25, 0.3) is 0 Å². The van der Waals surface area contributed by atoms with E-state index in [1.54, 1.807) is 24.3 Å². The molecule has 0 unspecified atom stereocenters. The molecule has 2 aromatic carbocycles. The Balaban J connectivity index is 1.95. The van der Waals surface area contributed by atoms with Gasteiger partial charge in [-0.05, 0) is 30.4 Å². The van der Waals surface area contributed by atoms with Crippen molar-refractivity contribution in [3.8, 4) is 11.5 Å². The molecule has 0 radical (unpaired) electrons. The average molecular weight is 396 g/mol. The Labute approximate surface area is 159 Å². The fourth-order valence-corrected chi connectivity index (χ4v) is 2.34. The van der Waals surface area contributed by atoms with Gasteiger partial charge in [0.05, 0.1) is 22.7 Å². The number of amides is 1. The highest BCUT2D eigenvalue weighted by Gasteiger charge is 2.14. The van der Waals surface area contributed by atoms with Crippen LogP contribution >= 0.6 is 23.8 Å². The number of hydrogen-bond donors (Lipinski definition) is 2. The summed E-state index contributed by atoms with van der Waals surface area (Å²) in [6.45, 7) is -0.308. The summed E-state index contributed by atoms with van der Waals surface area (Å²) in [6.07, 6.45) is 0. The number of non-ortho nitro benzene ring substituents is 1. The van der Waals surface area contributed by atoms with Crippen molar-refractivity contribution in [3.05, 3.63) is 57.6 Å². The maximum Gasteiger partial charge on any atom is 0.271 e. The van der Waals surface area contributed by atoms with E-state index in [4.69, 9.17) is 33.3 Å². The van der Waals surface area contributed by atoms with Gasteiger partial charge in [-0.25, -0.2) is 0 Å². The van der Waals surface area contributed by atoms with E-state index in [9.17, 15) is 14.9 Å². The van der Waals surface area contributed by atoms with E-state index in [0.717, 1.165) is 0 Å². The van der Waals surface area contributed by atoms with Gasteiger partial charge in [0, 0.05) is 12.1 Å². The molecule has 26 heavy (non-hydrogen) atoms. The van der Waals surface area contributed by atoms with Gasteiger partial charge in [0.15, 0.2) is 11.7 Å². The van der Waals surface area contributed by atoms with Gasteiger partial charge < -0.3 is 14.8 Å². The number of nitrogens with one attached hydrogen (secondary N) is 2. The molecule has 0 bridgehead atoms. The number of hydrogen-bond acceptors (Lipinski definition) is 6. The Morgan fingerprint density at radius 2 is 2.00 bits per heavy atom. The first-order valence-electron chi connectivity index (χ1n) is 7.21. The van der Waals surface area contributed by atoms with Crippen molar-refractivity contribution in [2.24, 2.45) is 0 Å². The fraction of sp³-hybridized carbons (Fsp3) is 0.125. The lowest BCUT2D eigenvalue weighted by molar-refractivity contribution is -0.384. The molecule has 8 nitrogen and oxygen atoms in total. The van der Waals surface area contributed by atoms with Crippen molar-refractivity contribution in [1.29, 1.82) is 0 Å². The van der Waals surface area contributed by atoms with E-state index in [1.807, 2.05) is 0 Å². The third kappa shape index (κ3) is 5.30. The summed E-state index contributed by atoms with van der Waals surface area (Å²) in [4.78, 5) is 22.2. The van der Waals surface area contributed by atoms with Crippen LogP contribution in [0.1, 0.15) is 0 Å². The number of halogens is 1. The lowest BCUT2D eigenvalue weighted by atomic mass is 10.2. The molecular weight excluding hydrogens is 382 g/mol. The number of rotatable bonds is 6. The summed E-state index contributed by atoms with van der Waals surface area (Å²) in [7, 11) is 1.41. The molecule has 2 aromatic rings. The number of carbonyl (C=O) groups excluding carboxylic acids is 1. The van der Waals surface area contributed by atoms with Gasteiger partial charge in [-0.1, -0.05) is 23.7 Å².